The Balaban J connectivity index is 1.78. The van der Waals surface area contributed by atoms with Crippen LogP contribution in [-0.4, -0.2) is 10.0 Å². The molecule has 2 aromatic carbocycles. The third-order valence-corrected chi connectivity index (χ3v) is 4.18. The maximum absolute atomic E-state index is 13.9. The summed E-state index contributed by atoms with van der Waals surface area (Å²) in [4.78, 5) is 1.95. The SMILES string of the molecule is Cc1ccc(CN(Cc2ccco2)C(=S)Nc2ccccc2F)cc1. The molecule has 0 fully saturated rings. The zero-order chi connectivity index (χ0) is 17.6. The van der Waals surface area contributed by atoms with E-state index in [1.165, 1.54) is 11.6 Å². The zero-order valence-electron chi connectivity index (χ0n) is 13.9. The third-order valence-electron chi connectivity index (χ3n) is 3.82. The van der Waals surface area contributed by atoms with Crippen molar-refractivity contribution in [1.29, 1.82) is 0 Å². The number of furan rings is 1. The van der Waals surface area contributed by atoms with Gasteiger partial charge in [0.15, 0.2) is 5.11 Å². The maximum atomic E-state index is 13.9. The Hall–Kier alpha value is -2.66. The average molecular weight is 354 g/mol. The number of nitrogens with zero attached hydrogens (tertiary/aromatic N) is 1. The molecule has 0 bridgehead atoms. The number of rotatable bonds is 5. The Morgan fingerprint density at radius 2 is 1.80 bits per heavy atom. The monoisotopic (exact) mass is 354 g/mol. The molecule has 0 saturated carbocycles. The predicted molar refractivity (Wildman–Crippen MR) is 102 cm³/mol. The molecule has 0 saturated heterocycles. The molecule has 3 rings (SSSR count). The molecule has 1 heterocycles. The number of thiocarbonyl (C=S) groups is 1. The van der Waals surface area contributed by atoms with Crippen molar-refractivity contribution in [3.63, 3.8) is 0 Å². The van der Waals surface area contributed by atoms with Crippen molar-refractivity contribution in [2.75, 3.05) is 5.32 Å². The van der Waals surface area contributed by atoms with Gasteiger partial charge in [-0.3, -0.25) is 0 Å². The fourth-order valence-corrected chi connectivity index (χ4v) is 2.70. The summed E-state index contributed by atoms with van der Waals surface area (Å²) < 4.78 is 19.3. The van der Waals surface area contributed by atoms with Crippen LogP contribution in [0.15, 0.2) is 71.3 Å². The Labute approximate surface area is 152 Å². The van der Waals surface area contributed by atoms with Gasteiger partial charge in [0.05, 0.1) is 18.5 Å². The fraction of sp³-hybridized carbons (Fsp3) is 0.150. The fourth-order valence-electron chi connectivity index (χ4n) is 2.46. The minimum Gasteiger partial charge on any atom is -0.467 e. The van der Waals surface area contributed by atoms with E-state index in [9.17, 15) is 4.39 Å². The van der Waals surface area contributed by atoms with Crippen molar-refractivity contribution in [3.05, 3.63) is 89.6 Å². The summed E-state index contributed by atoms with van der Waals surface area (Å²) >= 11 is 5.52. The summed E-state index contributed by atoms with van der Waals surface area (Å²) in [5.74, 6) is 0.461. The van der Waals surface area contributed by atoms with E-state index in [4.69, 9.17) is 16.6 Å². The lowest BCUT2D eigenvalue weighted by Gasteiger charge is -2.25. The van der Waals surface area contributed by atoms with E-state index in [2.05, 4.69) is 36.5 Å². The number of hydrogen-bond donors (Lipinski definition) is 1. The van der Waals surface area contributed by atoms with Crippen LogP contribution >= 0.6 is 12.2 Å². The van der Waals surface area contributed by atoms with Crippen LogP contribution < -0.4 is 5.32 Å². The van der Waals surface area contributed by atoms with Crippen molar-refractivity contribution in [2.45, 2.75) is 20.0 Å². The standard InChI is InChI=1S/C20H19FN2OS/c1-15-8-10-16(11-9-15)13-23(14-17-5-4-12-24-17)20(25)22-19-7-3-2-6-18(19)21/h2-12H,13-14H2,1H3,(H,22,25). The van der Waals surface area contributed by atoms with Crippen LogP contribution in [0.2, 0.25) is 0 Å². The van der Waals surface area contributed by atoms with E-state index in [-0.39, 0.29) is 5.82 Å². The summed E-state index contributed by atoms with van der Waals surface area (Å²) in [5, 5.41) is 3.44. The molecule has 0 aliphatic carbocycles. The highest BCUT2D eigenvalue weighted by atomic mass is 32.1. The molecule has 1 aromatic heterocycles. The van der Waals surface area contributed by atoms with Gasteiger partial charge in [-0.25, -0.2) is 4.39 Å². The normalized spacial score (nSPS) is 10.5. The first-order valence-electron chi connectivity index (χ1n) is 8.00. The molecule has 1 N–H and O–H groups in total. The van der Waals surface area contributed by atoms with Gasteiger partial charge in [0.25, 0.3) is 0 Å². The minimum absolute atomic E-state index is 0.335. The number of para-hydroxylation sites is 1. The number of benzene rings is 2. The first-order valence-corrected chi connectivity index (χ1v) is 8.41. The summed E-state index contributed by atoms with van der Waals surface area (Å²) in [6, 6.07) is 18.5. The van der Waals surface area contributed by atoms with Crippen LogP contribution in [0.25, 0.3) is 0 Å². The van der Waals surface area contributed by atoms with Crippen LogP contribution in [-0.2, 0) is 13.1 Å². The Kier molecular flexibility index (Phi) is 5.46. The second-order valence-electron chi connectivity index (χ2n) is 5.83. The van der Waals surface area contributed by atoms with Crippen LogP contribution in [0.1, 0.15) is 16.9 Å². The molecular weight excluding hydrogens is 335 g/mol. The van der Waals surface area contributed by atoms with Crippen LogP contribution in [0.5, 0.6) is 0 Å². The number of hydrogen-bond acceptors (Lipinski definition) is 2. The van der Waals surface area contributed by atoms with Gasteiger partial charge < -0.3 is 14.6 Å². The van der Waals surface area contributed by atoms with E-state index in [1.54, 1.807) is 24.5 Å². The molecule has 3 aromatic rings. The van der Waals surface area contributed by atoms with Gasteiger partial charge in [-0.2, -0.15) is 0 Å². The van der Waals surface area contributed by atoms with Crippen molar-refractivity contribution >= 4 is 23.0 Å². The highest BCUT2D eigenvalue weighted by Crippen LogP contribution is 2.17. The van der Waals surface area contributed by atoms with Gasteiger partial charge in [0.2, 0.25) is 0 Å². The van der Waals surface area contributed by atoms with Crippen molar-refractivity contribution in [1.82, 2.24) is 4.90 Å². The highest BCUT2D eigenvalue weighted by Gasteiger charge is 2.14. The average Bonchev–Trinajstić information content (AvgIpc) is 3.11. The molecule has 0 aliphatic heterocycles. The molecule has 3 nitrogen and oxygen atoms in total. The summed E-state index contributed by atoms with van der Waals surface area (Å²) in [6.07, 6.45) is 1.63. The number of aryl methyl sites for hydroxylation is 1. The molecule has 25 heavy (non-hydrogen) atoms. The van der Waals surface area contributed by atoms with Gasteiger partial charge in [0, 0.05) is 6.54 Å². The van der Waals surface area contributed by atoms with E-state index >= 15 is 0 Å². The first-order chi connectivity index (χ1) is 12.1. The van der Waals surface area contributed by atoms with Gasteiger partial charge in [-0.1, -0.05) is 42.0 Å². The molecule has 0 radical (unpaired) electrons. The summed E-state index contributed by atoms with van der Waals surface area (Å²) in [7, 11) is 0. The number of halogens is 1. The molecule has 0 amide bonds. The number of nitrogens with one attached hydrogen (secondary N) is 1. The first kappa shape index (κ1) is 17.2. The van der Waals surface area contributed by atoms with Gasteiger partial charge in [0.1, 0.15) is 11.6 Å². The quantitative estimate of drug-likeness (QED) is 0.643. The van der Waals surface area contributed by atoms with Crippen LogP contribution in [0.4, 0.5) is 10.1 Å². The summed E-state index contributed by atoms with van der Waals surface area (Å²) in [6.45, 7) is 3.15. The lowest BCUT2D eigenvalue weighted by Crippen LogP contribution is -2.34. The molecule has 128 valence electrons. The van der Waals surface area contributed by atoms with Crippen molar-refractivity contribution in [3.8, 4) is 0 Å². The Bertz CT molecular complexity index is 831. The lowest BCUT2D eigenvalue weighted by molar-refractivity contribution is 0.360. The maximum Gasteiger partial charge on any atom is 0.174 e. The van der Waals surface area contributed by atoms with E-state index in [0.29, 0.717) is 23.9 Å². The van der Waals surface area contributed by atoms with Crippen LogP contribution in [0, 0.1) is 12.7 Å². The Morgan fingerprint density at radius 3 is 2.48 bits per heavy atom. The van der Waals surface area contributed by atoms with Crippen molar-refractivity contribution < 1.29 is 8.81 Å². The van der Waals surface area contributed by atoms with Gasteiger partial charge in [-0.05, 0) is 49.0 Å². The Morgan fingerprint density at radius 1 is 1.04 bits per heavy atom. The topological polar surface area (TPSA) is 28.4 Å². The number of anilines is 1. The smallest absolute Gasteiger partial charge is 0.174 e. The molecule has 5 heteroatoms. The summed E-state index contributed by atoms with van der Waals surface area (Å²) in [5.41, 5.74) is 2.68. The lowest BCUT2D eigenvalue weighted by atomic mass is 10.1. The van der Waals surface area contributed by atoms with Crippen molar-refractivity contribution in [2.24, 2.45) is 0 Å². The molecule has 0 spiro atoms. The van der Waals surface area contributed by atoms with E-state index in [0.717, 1.165) is 11.3 Å². The van der Waals surface area contributed by atoms with Crippen LogP contribution in [0.3, 0.4) is 0 Å². The van der Waals surface area contributed by atoms with Gasteiger partial charge >= 0.3 is 0 Å². The highest BCUT2D eigenvalue weighted by molar-refractivity contribution is 7.80. The van der Waals surface area contributed by atoms with E-state index in [1.807, 2.05) is 17.0 Å². The molecule has 0 atom stereocenters. The molecular formula is C20H19FN2OS. The second kappa shape index (κ2) is 7.94. The van der Waals surface area contributed by atoms with Gasteiger partial charge in [-0.15, -0.1) is 0 Å². The third kappa shape index (κ3) is 4.67. The zero-order valence-corrected chi connectivity index (χ0v) is 14.7. The predicted octanol–water partition coefficient (Wildman–Crippen LogP) is 5.13. The largest absolute Gasteiger partial charge is 0.467 e. The second-order valence-corrected chi connectivity index (χ2v) is 6.22. The minimum atomic E-state index is -0.335. The molecule has 0 unspecified atom stereocenters. The van der Waals surface area contributed by atoms with E-state index < -0.39 is 0 Å². The molecule has 0 aliphatic rings.